The molecule has 4 N–H and O–H groups in total. The quantitative estimate of drug-likeness (QED) is 0.693. The zero-order valence-electron chi connectivity index (χ0n) is 10.0. The Morgan fingerprint density at radius 2 is 2.11 bits per heavy atom. The lowest BCUT2D eigenvalue weighted by Crippen LogP contribution is -2.54. The number of para-hydroxylation sites is 1. The summed E-state index contributed by atoms with van der Waals surface area (Å²) in [4.78, 5) is 11.2. The van der Waals surface area contributed by atoms with Gasteiger partial charge in [-0.25, -0.2) is 0 Å². The van der Waals surface area contributed by atoms with Crippen molar-refractivity contribution in [3.05, 3.63) is 29.8 Å². The lowest BCUT2D eigenvalue weighted by Gasteiger charge is -2.25. The second-order valence-electron chi connectivity index (χ2n) is 4.67. The normalized spacial score (nSPS) is 18.1. The fraction of sp³-hybridized carbons (Fsp3) is 0.462. The molecule has 1 saturated carbocycles. The van der Waals surface area contributed by atoms with E-state index >= 15 is 0 Å². The number of hydrogen-bond acceptors (Lipinski definition) is 4. The van der Waals surface area contributed by atoms with Crippen LogP contribution in [0.4, 0.5) is 0 Å². The molecule has 1 aliphatic rings. The summed E-state index contributed by atoms with van der Waals surface area (Å²) in [7, 11) is 0. The topological polar surface area (TPSA) is 92.8 Å². The van der Waals surface area contributed by atoms with Crippen molar-refractivity contribution < 1.29 is 19.7 Å². The number of carbonyl (C=O) groups is 1. The van der Waals surface area contributed by atoms with Gasteiger partial charge in [-0.2, -0.15) is 0 Å². The number of carboxylic acid groups (broad SMARTS) is 1. The predicted octanol–water partition coefficient (Wildman–Crippen LogP) is 0.750. The van der Waals surface area contributed by atoms with Crippen LogP contribution in [0.15, 0.2) is 24.3 Å². The molecule has 0 heterocycles. The van der Waals surface area contributed by atoms with Crippen LogP contribution >= 0.6 is 0 Å². The van der Waals surface area contributed by atoms with Crippen molar-refractivity contribution in [1.29, 1.82) is 0 Å². The number of rotatable bonds is 6. The van der Waals surface area contributed by atoms with E-state index in [2.05, 4.69) is 0 Å². The number of aliphatic hydroxyl groups excluding tert-OH is 1. The highest BCUT2D eigenvalue weighted by molar-refractivity contribution is 5.79. The van der Waals surface area contributed by atoms with Gasteiger partial charge >= 0.3 is 5.97 Å². The second kappa shape index (κ2) is 4.96. The summed E-state index contributed by atoms with van der Waals surface area (Å²) in [5.41, 5.74) is 5.19. The Hall–Kier alpha value is -1.59. The number of ether oxygens (including phenoxy) is 1. The van der Waals surface area contributed by atoms with Crippen LogP contribution in [0.3, 0.4) is 0 Å². The van der Waals surface area contributed by atoms with Crippen LogP contribution in [-0.4, -0.2) is 28.3 Å². The number of hydrogen-bond donors (Lipinski definition) is 3. The van der Waals surface area contributed by atoms with Crippen molar-refractivity contribution in [1.82, 2.24) is 0 Å². The largest absolute Gasteiger partial charge is 0.491 e. The maximum atomic E-state index is 11.2. The molecule has 0 saturated heterocycles. The van der Waals surface area contributed by atoms with Crippen LogP contribution in [0.1, 0.15) is 18.4 Å². The van der Waals surface area contributed by atoms with Crippen LogP contribution in [0, 0.1) is 5.92 Å². The average Bonchev–Trinajstić information content (AvgIpc) is 3.20. The lowest BCUT2D eigenvalue weighted by molar-refractivity contribution is -0.145. The standard InChI is InChI=1S/C13H17NO4/c14-13(12(16)17,10-5-6-10)8-18-11-4-2-1-3-9(11)7-15/h1-4,10,15H,5-8,14H2,(H,16,17). The molecule has 1 aliphatic carbocycles. The zero-order chi connectivity index (χ0) is 13.2. The van der Waals surface area contributed by atoms with Crippen LogP contribution in [0.2, 0.25) is 0 Å². The van der Waals surface area contributed by atoms with Gasteiger partial charge in [0.2, 0.25) is 0 Å². The van der Waals surface area contributed by atoms with E-state index in [9.17, 15) is 9.90 Å². The molecule has 1 aromatic carbocycles. The molecule has 0 spiro atoms. The third-order valence-corrected chi connectivity index (χ3v) is 3.31. The molecule has 98 valence electrons. The Balaban J connectivity index is 2.08. The molecule has 1 atom stereocenters. The molecule has 1 aromatic rings. The highest BCUT2D eigenvalue weighted by Gasteiger charge is 2.49. The van der Waals surface area contributed by atoms with Gasteiger partial charge in [0, 0.05) is 5.56 Å². The van der Waals surface area contributed by atoms with Crippen molar-refractivity contribution in [2.24, 2.45) is 11.7 Å². The molecule has 2 rings (SSSR count). The van der Waals surface area contributed by atoms with Crippen molar-refractivity contribution in [2.45, 2.75) is 25.0 Å². The SMILES string of the molecule is NC(COc1ccccc1CO)(C(=O)O)C1CC1. The van der Waals surface area contributed by atoms with E-state index in [-0.39, 0.29) is 19.1 Å². The number of aliphatic hydroxyl groups is 1. The Bertz CT molecular complexity index is 444. The van der Waals surface area contributed by atoms with E-state index in [1.54, 1.807) is 24.3 Å². The summed E-state index contributed by atoms with van der Waals surface area (Å²) in [5.74, 6) is -0.570. The highest BCUT2D eigenvalue weighted by Crippen LogP contribution is 2.39. The second-order valence-corrected chi connectivity index (χ2v) is 4.67. The zero-order valence-corrected chi connectivity index (χ0v) is 10.0. The Morgan fingerprint density at radius 1 is 1.44 bits per heavy atom. The van der Waals surface area contributed by atoms with Gasteiger partial charge in [0.15, 0.2) is 5.54 Å². The monoisotopic (exact) mass is 251 g/mol. The van der Waals surface area contributed by atoms with Gasteiger partial charge in [-0.3, -0.25) is 4.79 Å². The summed E-state index contributed by atoms with van der Waals surface area (Å²) < 4.78 is 5.49. The van der Waals surface area contributed by atoms with Gasteiger partial charge in [0.1, 0.15) is 12.4 Å². The lowest BCUT2D eigenvalue weighted by atomic mass is 9.96. The minimum Gasteiger partial charge on any atom is -0.491 e. The molecule has 5 nitrogen and oxygen atoms in total. The van der Waals surface area contributed by atoms with E-state index in [0.29, 0.717) is 11.3 Å². The van der Waals surface area contributed by atoms with Gasteiger partial charge in [-0.05, 0) is 24.8 Å². The first-order valence-corrected chi connectivity index (χ1v) is 5.92. The molecular weight excluding hydrogens is 234 g/mol. The van der Waals surface area contributed by atoms with Crippen LogP contribution in [0.5, 0.6) is 5.75 Å². The first-order valence-electron chi connectivity index (χ1n) is 5.92. The molecular formula is C13H17NO4. The van der Waals surface area contributed by atoms with E-state index < -0.39 is 11.5 Å². The average molecular weight is 251 g/mol. The maximum Gasteiger partial charge on any atom is 0.327 e. The molecule has 0 aromatic heterocycles. The number of aliphatic carboxylic acids is 1. The predicted molar refractivity (Wildman–Crippen MR) is 65.1 cm³/mol. The van der Waals surface area contributed by atoms with Crippen LogP contribution in [-0.2, 0) is 11.4 Å². The molecule has 5 heteroatoms. The van der Waals surface area contributed by atoms with E-state index in [1.165, 1.54) is 0 Å². The summed E-state index contributed by atoms with van der Waals surface area (Å²) in [6.45, 7) is -0.228. The molecule has 0 bridgehead atoms. The van der Waals surface area contributed by atoms with Crippen LogP contribution in [0.25, 0.3) is 0 Å². The smallest absolute Gasteiger partial charge is 0.327 e. The molecule has 0 amide bonds. The van der Waals surface area contributed by atoms with Crippen LogP contribution < -0.4 is 10.5 Å². The first-order chi connectivity index (χ1) is 8.58. The molecule has 1 unspecified atom stereocenters. The summed E-state index contributed by atoms with van der Waals surface area (Å²) in [5, 5.41) is 18.3. The molecule has 18 heavy (non-hydrogen) atoms. The minimum atomic E-state index is -1.33. The highest BCUT2D eigenvalue weighted by atomic mass is 16.5. The van der Waals surface area contributed by atoms with Gasteiger partial charge in [0.25, 0.3) is 0 Å². The van der Waals surface area contributed by atoms with Gasteiger partial charge in [0.05, 0.1) is 6.61 Å². The molecule has 1 fully saturated rings. The number of carboxylic acids is 1. The van der Waals surface area contributed by atoms with E-state index in [4.69, 9.17) is 15.6 Å². The van der Waals surface area contributed by atoms with Gasteiger partial charge < -0.3 is 20.7 Å². The first kappa shape index (κ1) is 12.9. The maximum absolute atomic E-state index is 11.2. The van der Waals surface area contributed by atoms with E-state index in [0.717, 1.165) is 12.8 Å². The Morgan fingerprint density at radius 3 is 2.67 bits per heavy atom. The van der Waals surface area contributed by atoms with Gasteiger partial charge in [-0.15, -0.1) is 0 Å². The third-order valence-electron chi connectivity index (χ3n) is 3.31. The Kier molecular flexibility index (Phi) is 3.54. The summed E-state index contributed by atoms with van der Waals surface area (Å²) in [6, 6.07) is 6.98. The van der Waals surface area contributed by atoms with Crippen molar-refractivity contribution in [2.75, 3.05) is 6.61 Å². The summed E-state index contributed by atoms with van der Waals surface area (Å²) >= 11 is 0. The van der Waals surface area contributed by atoms with E-state index in [1.807, 2.05) is 0 Å². The van der Waals surface area contributed by atoms with Crippen molar-refractivity contribution >= 4 is 5.97 Å². The van der Waals surface area contributed by atoms with Gasteiger partial charge in [-0.1, -0.05) is 18.2 Å². The Labute approximate surface area is 105 Å². The third kappa shape index (κ3) is 2.47. The number of nitrogens with two attached hydrogens (primary N) is 1. The fourth-order valence-electron chi connectivity index (χ4n) is 1.93. The molecule has 0 aliphatic heterocycles. The fourth-order valence-corrected chi connectivity index (χ4v) is 1.93. The van der Waals surface area contributed by atoms with Crippen molar-refractivity contribution in [3.8, 4) is 5.75 Å². The number of benzene rings is 1. The minimum absolute atomic E-state index is 0.0173. The molecule has 0 radical (unpaired) electrons. The summed E-state index contributed by atoms with van der Waals surface area (Å²) in [6.07, 6.45) is 1.65. The van der Waals surface area contributed by atoms with Crippen molar-refractivity contribution in [3.63, 3.8) is 0 Å².